The average molecular weight is 326 g/mol. The van der Waals surface area contributed by atoms with Crippen LogP contribution >= 0.6 is 0 Å². The monoisotopic (exact) mass is 326 g/mol. The van der Waals surface area contributed by atoms with Gasteiger partial charge in [0.1, 0.15) is 18.3 Å². The van der Waals surface area contributed by atoms with Gasteiger partial charge in [0, 0.05) is 0 Å². The molecule has 7 nitrogen and oxygen atoms in total. The molecule has 0 spiro atoms. The van der Waals surface area contributed by atoms with E-state index >= 15 is 0 Å². The smallest absolute Gasteiger partial charge is 0.269 e. The Bertz CT molecular complexity index is 384. The number of unbranched alkanes of at least 4 members (excludes halogenated alkanes) is 5. The van der Waals surface area contributed by atoms with Gasteiger partial charge in [0.25, 0.3) is 10.1 Å². The largest absolute Gasteiger partial charge is 0.394 e. The summed E-state index contributed by atoms with van der Waals surface area (Å²) >= 11 is 0. The van der Waals surface area contributed by atoms with Crippen LogP contribution in [0.2, 0.25) is 0 Å². The Kier molecular flexibility index (Phi) is 8.07. The molecule has 0 aliphatic carbocycles. The molecule has 4 atom stereocenters. The molecule has 1 rings (SSSR count). The van der Waals surface area contributed by atoms with Crippen molar-refractivity contribution in [3.05, 3.63) is 0 Å². The summed E-state index contributed by atoms with van der Waals surface area (Å²) in [6, 6.07) is 0. The number of hydrogen-bond acceptors (Lipinski definition) is 7. The SMILES string of the molecule is CCCCCCCCS(=O)(=O)O[C@@H]1O[C@H](CO)[C@@H](O)[C@@H]1O. The van der Waals surface area contributed by atoms with Gasteiger partial charge >= 0.3 is 0 Å². The second-order valence-corrected chi connectivity index (χ2v) is 7.05. The molecule has 1 aliphatic rings. The molecule has 1 heterocycles. The van der Waals surface area contributed by atoms with Crippen molar-refractivity contribution >= 4 is 10.1 Å². The van der Waals surface area contributed by atoms with Crippen molar-refractivity contribution < 1.29 is 32.7 Å². The Morgan fingerprint density at radius 2 is 1.67 bits per heavy atom. The third kappa shape index (κ3) is 6.17. The fourth-order valence-electron chi connectivity index (χ4n) is 2.20. The van der Waals surface area contributed by atoms with Gasteiger partial charge in [-0.3, -0.25) is 0 Å². The molecule has 8 heteroatoms. The summed E-state index contributed by atoms with van der Waals surface area (Å²) in [4.78, 5) is 0. The Hall–Kier alpha value is -0.250. The number of aliphatic hydroxyl groups is 3. The summed E-state index contributed by atoms with van der Waals surface area (Å²) in [6.45, 7) is 1.59. The zero-order chi connectivity index (χ0) is 15.9. The van der Waals surface area contributed by atoms with E-state index in [9.17, 15) is 18.6 Å². The Morgan fingerprint density at radius 1 is 1.05 bits per heavy atom. The minimum atomic E-state index is -3.82. The van der Waals surface area contributed by atoms with Gasteiger partial charge in [-0.05, 0) is 6.42 Å². The van der Waals surface area contributed by atoms with E-state index in [4.69, 9.17) is 14.0 Å². The van der Waals surface area contributed by atoms with Crippen molar-refractivity contribution in [1.29, 1.82) is 0 Å². The molecule has 126 valence electrons. The molecule has 0 aromatic carbocycles. The summed E-state index contributed by atoms with van der Waals surface area (Å²) in [5.74, 6) is -0.147. The highest BCUT2D eigenvalue weighted by molar-refractivity contribution is 7.86. The van der Waals surface area contributed by atoms with Gasteiger partial charge in [-0.15, -0.1) is 0 Å². The molecule has 0 unspecified atom stereocenters. The minimum Gasteiger partial charge on any atom is -0.394 e. The molecule has 1 fully saturated rings. The van der Waals surface area contributed by atoms with Crippen molar-refractivity contribution in [2.24, 2.45) is 0 Å². The van der Waals surface area contributed by atoms with Crippen LogP contribution in [-0.4, -0.2) is 60.7 Å². The number of rotatable bonds is 10. The van der Waals surface area contributed by atoms with E-state index in [0.717, 1.165) is 32.1 Å². The summed E-state index contributed by atoms with van der Waals surface area (Å²) in [5.41, 5.74) is 0. The maximum absolute atomic E-state index is 11.8. The molecule has 0 saturated carbocycles. The first-order valence-electron chi connectivity index (χ1n) is 7.44. The lowest BCUT2D eigenvalue weighted by Gasteiger charge is -2.15. The van der Waals surface area contributed by atoms with Gasteiger partial charge in [0.15, 0.2) is 0 Å². The first-order chi connectivity index (χ1) is 9.91. The molecule has 0 aromatic heterocycles. The molecule has 0 amide bonds. The average Bonchev–Trinajstić information content (AvgIpc) is 2.70. The Morgan fingerprint density at radius 3 is 2.24 bits per heavy atom. The van der Waals surface area contributed by atoms with Crippen LogP contribution in [-0.2, 0) is 19.0 Å². The second-order valence-electron chi connectivity index (χ2n) is 5.33. The molecule has 0 radical (unpaired) electrons. The Balaban J connectivity index is 2.32. The first kappa shape index (κ1) is 18.8. The van der Waals surface area contributed by atoms with Crippen molar-refractivity contribution in [3.63, 3.8) is 0 Å². The van der Waals surface area contributed by atoms with Crippen LogP contribution in [0.15, 0.2) is 0 Å². The van der Waals surface area contributed by atoms with Crippen molar-refractivity contribution in [1.82, 2.24) is 0 Å². The maximum atomic E-state index is 11.8. The Labute approximate surface area is 126 Å². The van der Waals surface area contributed by atoms with Crippen LogP contribution < -0.4 is 0 Å². The molecular formula is C13H26O7S. The number of ether oxygens (including phenoxy) is 1. The normalized spacial score (nSPS) is 29.9. The van der Waals surface area contributed by atoms with Gasteiger partial charge in [0.2, 0.25) is 6.29 Å². The van der Waals surface area contributed by atoms with Crippen molar-refractivity contribution in [3.8, 4) is 0 Å². The summed E-state index contributed by atoms with van der Waals surface area (Å²) in [5, 5.41) is 28.0. The number of hydrogen-bond donors (Lipinski definition) is 3. The quantitative estimate of drug-likeness (QED) is 0.386. The van der Waals surface area contributed by atoms with E-state index < -0.39 is 41.3 Å². The van der Waals surface area contributed by atoms with Gasteiger partial charge in [0.05, 0.1) is 12.4 Å². The lowest BCUT2D eigenvalue weighted by Crippen LogP contribution is -2.35. The van der Waals surface area contributed by atoms with E-state index in [1.54, 1.807) is 0 Å². The second kappa shape index (κ2) is 9.02. The van der Waals surface area contributed by atoms with Gasteiger partial charge in [-0.25, -0.2) is 4.18 Å². The van der Waals surface area contributed by atoms with E-state index in [1.165, 1.54) is 0 Å². The maximum Gasteiger partial charge on any atom is 0.269 e. The van der Waals surface area contributed by atoms with Crippen LogP contribution in [0.25, 0.3) is 0 Å². The predicted molar refractivity (Wildman–Crippen MR) is 76.0 cm³/mol. The van der Waals surface area contributed by atoms with Gasteiger partial charge in [-0.2, -0.15) is 8.42 Å². The number of aliphatic hydroxyl groups excluding tert-OH is 3. The molecular weight excluding hydrogens is 300 g/mol. The van der Waals surface area contributed by atoms with Gasteiger partial charge in [-0.1, -0.05) is 39.0 Å². The molecule has 3 N–H and O–H groups in total. The molecule has 0 bridgehead atoms. The lowest BCUT2D eigenvalue weighted by molar-refractivity contribution is -0.113. The highest BCUT2D eigenvalue weighted by atomic mass is 32.2. The standard InChI is InChI=1S/C13H26O7S/c1-2-3-4-5-6-7-8-21(17,18)20-13-12(16)11(15)10(9-14)19-13/h10-16H,2-9H2,1H3/t10-,11-,12+,13+/m1/s1. The summed E-state index contributed by atoms with van der Waals surface area (Å²) < 4.78 is 33.3. The zero-order valence-corrected chi connectivity index (χ0v) is 13.2. The topological polar surface area (TPSA) is 113 Å². The lowest BCUT2D eigenvalue weighted by atomic mass is 10.1. The van der Waals surface area contributed by atoms with E-state index in [0.29, 0.717) is 6.42 Å². The molecule has 0 aromatic rings. The molecule has 1 saturated heterocycles. The summed E-state index contributed by atoms with van der Waals surface area (Å²) in [7, 11) is -3.82. The van der Waals surface area contributed by atoms with E-state index in [2.05, 4.69) is 6.92 Å². The van der Waals surface area contributed by atoms with Crippen molar-refractivity contribution in [2.75, 3.05) is 12.4 Å². The minimum absolute atomic E-state index is 0.147. The van der Waals surface area contributed by atoms with Crippen LogP contribution in [0.1, 0.15) is 45.4 Å². The highest BCUT2D eigenvalue weighted by Gasteiger charge is 2.45. The van der Waals surface area contributed by atoms with Crippen LogP contribution in [0.5, 0.6) is 0 Å². The predicted octanol–water partition coefficient (Wildman–Crippen LogP) is 0.132. The fraction of sp³-hybridized carbons (Fsp3) is 1.00. The molecule has 21 heavy (non-hydrogen) atoms. The van der Waals surface area contributed by atoms with E-state index in [-0.39, 0.29) is 5.75 Å². The van der Waals surface area contributed by atoms with Crippen LogP contribution in [0.4, 0.5) is 0 Å². The zero-order valence-electron chi connectivity index (χ0n) is 12.3. The fourth-order valence-corrected chi connectivity index (χ4v) is 3.30. The van der Waals surface area contributed by atoms with E-state index in [1.807, 2.05) is 0 Å². The molecule has 1 aliphatic heterocycles. The first-order valence-corrected chi connectivity index (χ1v) is 9.02. The van der Waals surface area contributed by atoms with Crippen LogP contribution in [0.3, 0.4) is 0 Å². The van der Waals surface area contributed by atoms with Gasteiger partial charge < -0.3 is 20.1 Å². The summed E-state index contributed by atoms with van der Waals surface area (Å²) in [6.07, 6.45) is 0.309. The van der Waals surface area contributed by atoms with Crippen LogP contribution in [0, 0.1) is 0 Å². The van der Waals surface area contributed by atoms with Crippen molar-refractivity contribution in [2.45, 2.75) is 70.1 Å². The third-order valence-electron chi connectivity index (χ3n) is 3.49. The highest BCUT2D eigenvalue weighted by Crippen LogP contribution is 2.23. The third-order valence-corrected chi connectivity index (χ3v) is 4.76.